The molecule has 120 valence electrons. The molecule has 0 N–H and O–H groups in total. The molecule has 1 aliphatic rings. The number of rotatable bonds is 4. The molecule has 3 rings (SSSR count). The van der Waals surface area contributed by atoms with Gasteiger partial charge in [-0.3, -0.25) is 4.79 Å². The van der Waals surface area contributed by atoms with Crippen molar-refractivity contribution < 1.29 is 13.9 Å². The molecule has 23 heavy (non-hydrogen) atoms. The predicted molar refractivity (Wildman–Crippen MR) is 87.7 cm³/mol. The lowest BCUT2D eigenvalue weighted by Gasteiger charge is -2.26. The Labute approximate surface area is 135 Å². The lowest BCUT2D eigenvalue weighted by molar-refractivity contribution is -0.130. The summed E-state index contributed by atoms with van der Waals surface area (Å²) in [6.07, 6.45) is 0.123. The average molecular weight is 313 g/mol. The highest BCUT2D eigenvalue weighted by Gasteiger charge is 2.33. The van der Waals surface area contributed by atoms with Crippen molar-refractivity contribution >= 4 is 11.6 Å². The van der Waals surface area contributed by atoms with Gasteiger partial charge in [0.05, 0.1) is 6.61 Å². The molecule has 1 unspecified atom stereocenters. The maximum absolute atomic E-state index is 13.4. The molecule has 0 radical (unpaired) electrons. The fraction of sp³-hybridized carbons (Fsp3) is 0.316. The van der Waals surface area contributed by atoms with E-state index in [1.807, 2.05) is 37.3 Å². The van der Waals surface area contributed by atoms with Gasteiger partial charge in [0.15, 0.2) is 0 Å². The number of carbonyl (C=O) groups is 1. The van der Waals surface area contributed by atoms with Crippen LogP contribution in [0.25, 0.3) is 0 Å². The van der Waals surface area contributed by atoms with Crippen LogP contribution < -0.4 is 4.90 Å². The Morgan fingerprint density at radius 2 is 2.04 bits per heavy atom. The minimum atomic E-state index is -0.548. The molecule has 0 aromatic heterocycles. The molecule has 1 amide bonds. The lowest BCUT2D eigenvalue weighted by atomic mass is 10.1. The van der Waals surface area contributed by atoms with Crippen LogP contribution >= 0.6 is 0 Å². The number of amides is 1. The summed E-state index contributed by atoms with van der Waals surface area (Å²) in [5.41, 5.74) is 2.70. The Hall–Kier alpha value is -2.20. The van der Waals surface area contributed by atoms with E-state index in [1.54, 1.807) is 17.9 Å². The topological polar surface area (TPSA) is 29.5 Å². The van der Waals surface area contributed by atoms with E-state index in [0.29, 0.717) is 13.0 Å². The van der Waals surface area contributed by atoms with Gasteiger partial charge in [0.1, 0.15) is 11.9 Å². The number of benzene rings is 2. The van der Waals surface area contributed by atoms with Gasteiger partial charge in [0, 0.05) is 11.7 Å². The van der Waals surface area contributed by atoms with Gasteiger partial charge in [-0.25, -0.2) is 4.39 Å². The zero-order valence-corrected chi connectivity index (χ0v) is 13.3. The van der Waals surface area contributed by atoms with Crippen LogP contribution in [0.3, 0.4) is 0 Å². The summed E-state index contributed by atoms with van der Waals surface area (Å²) in [6.45, 7) is 4.13. The molecule has 0 saturated carbocycles. The molecular weight excluding hydrogens is 293 g/mol. The van der Waals surface area contributed by atoms with E-state index in [4.69, 9.17) is 4.74 Å². The first-order chi connectivity index (χ1) is 11.1. The van der Waals surface area contributed by atoms with Gasteiger partial charge in [-0.05, 0) is 49.6 Å². The van der Waals surface area contributed by atoms with E-state index >= 15 is 0 Å². The van der Waals surface area contributed by atoms with E-state index in [9.17, 15) is 9.18 Å². The molecule has 4 heteroatoms. The second kappa shape index (κ2) is 6.50. The molecule has 2 aromatic carbocycles. The molecule has 2 aromatic rings. The number of hydrogen-bond donors (Lipinski definition) is 0. The molecule has 0 bridgehead atoms. The van der Waals surface area contributed by atoms with Crippen molar-refractivity contribution in [1.82, 2.24) is 0 Å². The smallest absolute Gasteiger partial charge is 0.256 e. The first kappa shape index (κ1) is 15.7. The van der Waals surface area contributed by atoms with Crippen molar-refractivity contribution in [3.8, 4) is 0 Å². The normalized spacial score (nSPS) is 17.9. The second-order valence-electron chi connectivity index (χ2n) is 5.97. The standard InChI is InChI=1S/C19H20FNO2/c1-13-10-16-11-17(20)8-9-18(16)21(13)19(22)14(2)23-12-15-6-4-3-5-7-15/h3-9,11,13-14H,10,12H2,1-2H3/t13?,14-/m1/s1. The third-order valence-corrected chi connectivity index (χ3v) is 4.19. The Balaban J connectivity index is 1.70. The highest BCUT2D eigenvalue weighted by atomic mass is 19.1. The SMILES string of the molecule is CC1Cc2cc(F)ccc2N1C(=O)[C@@H](C)OCc1ccccc1. The van der Waals surface area contributed by atoms with Crippen molar-refractivity contribution in [2.24, 2.45) is 0 Å². The third-order valence-electron chi connectivity index (χ3n) is 4.19. The molecule has 3 nitrogen and oxygen atoms in total. The van der Waals surface area contributed by atoms with Gasteiger partial charge in [0.2, 0.25) is 0 Å². The van der Waals surface area contributed by atoms with E-state index in [2.05, 4.69) is 0 Å². The van der Waals surface area contributed by atoms with E-state index in [0.717, 1.165) is 16.8 Å². The van der Waals surface area contributed by atoms with Crippen molar-refractivity contribution in [3.63, 3.8) is 0 Å². The summed E-state index contributed by atoms with van der Waals surface area (Å²) >= 11 is 0. The lowest BCUT2D eigenvalue weighted by Crippen LogP contribution is -2.42. The van der Waals surface area contributed by atoms with Crippen LogP contribution in [0.1, 0.15) is 25.0 Å². The Kier molecular flexibility index (Phi) is 4.44. The maximum atomic E-state index is 13.4. The predicted octanol–water partition coefficient (Wildman–Crippen LogP) is 3.71. The molecule has 2 atom stereocenters. The van der Waals surface area contributed by atoms with Crippen LogP contribution in [0.15, 0.2) is 48.5 Å². The monoisotopic (exact) mass is 313 g/mol. The second-order valence-corrected chi connectivity index (χ2v) is 5.97. The summed E-state index contributed by atoms with van der Waals surface area (Å²) in [4.78, 5) is 14.5. The highest BCUT2D eigenvalue weighted by Crippen LogP contribution is 2.33. The van der Waals surface area contributed by atoms with Crippen molar-refractivity contribution in [1.29, 1.82) is 0 Å². The number of halogens is 1. The van der Waals surface area contributed by atoms with Gasteiger partial charge in [-0.2, -0.15) is 0 Å². The van der Waals surface area contributed by atoms with Crippen LogP contribution in [-0.4, -0.2) is 18.1 Å². The highest BCUT2D eigenvalue weighted by molar-refractivity contribution is 5.98. The largest absolute Gasteiger partial charge is 0.364 e. The molecule has 0 saturated heterocycles. The zero-order valence-electron chi connectivity index (χ0n) is 13.3. The van der Waals surface area contributed by atoms with Crippen LogP contribution in [-0.2, 0) is 22.6 Å². The summed E-state index contributed by atoms with van der Waals surface area (Å²) in [7, 11) is 0. The fourth-order valence-corrected chi connectivity index (χ4v) is 3.00. The number of anilines is 1. The van der Waals surface area contributed by atoms with Crippen LogP contribution in [0.5, 0.6) is 0 Å². The molecule has 1 heterocycles. The van der Waals surface area contributed by atoms with Gasteiger partial charge >= 0.3 is 0 Å². The molecule has 0 spiro atoms. The van der Waals surface area contributed by atoms with Crippen LogP contribution in [0.4, 0.5) is 10.1 Å². The minimum Gasteiger partial charge on any atom is -0.364 e. The molecule has 0 aliphatic carbocycles. The summed E-state index contributed by atoms with van der Waals surface area (Å²) in [5.74, 6) is -0.350. The average Bonchev–Trinajstić information content (AvgIpc) is 2.87. The maximum Gasteiger partial charge on any atom is 0.256 e. The zero-order chi connectivity index (χ0) is 16.4. The summed E-state index contributed by atoms with van der Waals surface area (Å²) < 4.78 is 19.1. The van der Waals surface area contributed by atoms with Gasteiger partial charge in [0.25, 0.3) is 5.91 Å². The number of ether oxygens (including phenoxy) is 1. The van der Waals surface area contributed by atoms with Crippen LogP contribution in [0, 0.1) is 5.82 Å². The minimum absolute atomic E-state index is 0.0158. The fourth-order valence-electron chi connectivity index (χ4n) is 3.00. The quantitative estimate of drug-likeness (QED) is 0.861. The van der Waals surface area contributed by atoms with Crippen molar-refractivity contribution in [2.45, 2.75) is 39.0 Å². The summed E-state index contributed by atoms with van der Waals surface area (Å²) in [5, 5.41) is 0. The van der Waals surface area contributed by atoms with Crippen molar-refractivity contribution in [3.05, 3.63) is 65.5 Å². The van der Waals surface area contributed by atoms with Gasteiger partial charge in [-0.15, -0.1) is 0 Å². The van der Waals surface area contributed by atoms with E-state index < -0.39 is 6.10 Å². The summed E-state index contributed by atoms with van der Waals surface area (Å²) in [6, 6.07) is 14.4. The third kappa shape index (κ3) is 3.27. The first-order valence-electron chi connectivity index (χ1n) is 7.83. The van der Waals surface area contributed by atoms with Crippen LogP contribution in [0.2, 0.25) is 0 Å². The number of fused-ring (bicyclic) bond motifs is 1. The van der Waals surface area contributed by atoms with Gasteiger partial charge < -0.3 is 9.64 Å². The number of nitrogens with zero attached hydrogens (tertiary/aromatic N) is 1. The van der Waals surface area contributed by atoms with Crippen molar-refractivity contribution in [2.75, 3.05) is 4.90 Å². The van der Waals surface area contributed by atoms with Gasteiger partial charge in [-0.1, -0.05) is 30.3 Å². The molecule has 1 aliphatic heterocycles. The number of hydrogen-bond acceptors (Lipinski definition) is 2. The Bertz CT molecular complexity index is 702. The Morgan fingerprint density at radius 1 is 1.30 bits per heavy atom. The number of carbonyl (C=O) groups excluding carboxylic acids is 1. The first-order valence-corrected chi connectivity index (χ1v) is 7.83. The molecular formula is C19H20FNO2. The van der Waals surface area contributed by atoms with E-state index in [1.165, 1.54) is 12.1 Å². The Morgan fingerprint density at radius 3 is 2.78 bits per heavy atom. The molecule has 0 fully saturated rings. The van der Waals surface area contributed by atoms with E-state index in [-0.39, 0.29) is 17.8 Å².